The van der Waals surface area contributed by atoms with Gasteiger partial charge in [0.15, 0.2) is 0 Å². The second-order valence-electron chi connectivity index (χ2n) is 9.77. The van der Waals surface area contributed by atoms with Gasteiger partial charge in [0, 0.05) is 32.6 Å². The molecule has 0 aliphatic heterocycles. The highest BCUT2D eigenvalue weighted by Gasteiger charge is 2.28. The summed E-state index contributed by atoms with van der Waals surface area (Å²) in [5.74, 6) is -0.292. The summed E-state index contributed by atoms with van der Waals surface area (Å²) in [6.07, 6.45) is 5.91. The fourth-order valence-electron chi connectivity index (χ4n) is 4.65. The molecule has 1 N–H and O–H groups in total. The highest BCUT2D eigenvalue weighted by atomic mass is 32.2. The number of carbonyl (C=O) groups is 2. The maximum absolute atomic E-state index is 13.3. The van der Waals surface area contributed by atoms with Crippen molar-refractivity contribution in [2.45, 2.75) is 82.3 Å². The third-order valence-electron chi connectivity index (χ3n) is 6.87. The van der Waals surface area contributed by atoms with E-state index in [2.05, 4.69) is 5.32 Å². The van der Waals surface area contributed by atoms with Crippen LogP contribution in [0.2, 0.25) is 0 Å². The Hall–Kier alpha value is -2.71. The largest absolute Gasteiger partial charge is 0.352 e. The summed E-state index contributed by atoms with van der Waals surface area (Å²) in [7, 11) is -2.09. The number of hydrogen-bond acceptors (Lipinski definition) is 4. The molecule has 2 aromatic rings. The molecule has 0 aromatic heterocycles. The van der Waals surface area contributed by atoms with Crippen LogP contribution in [-0.2, 0) is 26.2 Å². The molecule has 0 unspecified atom stereocenters. The smallest absolute Gasteiger partial charge is 0.242 e. The molecule has 1 aliphatic rings. The molecular formula is C28H39N3O4S. The first-order valence-corrected chi connectivity index (χ1v) is 14.3. The molecule has 1 aliphatic carbocycles. The van der Waals surface area contributed by atoms with Crippen molar-refractivity contribution >= 4 is 21.8 Å². The van der Waals surface area contributed by atoms with Gasteiger partial charge in [0.1, 0.15) is 6.04 Å². The van der Waals surface area contributed by atoms with Crippen LogP contribution in [0.1, 0.15) is 63.0 Å². The van der Waals surface area contributed by atoms with Crippen molar-refractivity contribution in [1.29, 1.82) is 0 Å². The Bertz CT molecular complexity index is 1110. The molecule has 8 heteroatoms. The standard InChI is InChI=1S/C28H39N3O4S/c1-22-12-10-13-24(20-22)21-31(23(2)28(33)29-25-14-6-4-7-15-25)27(32)18-11-19-30(3)36(34,35)26-16-8-5-9-17-26/h5,8-10,12-13,16-17,20,23,25H,4,6-7,11,14-15,18-19,21H2,1-3H3,(H,29,33)/t23-/m0/s1. The molecule has 0 radical (unpaired) electrons. The molecule has 0 saturated heterocycles. The molecule has 1 saturated carbocycles. The lowest BCUT2D eigenvalue weighted by Crippen LogP contribution is -2.50. The molecule has 1 fully saturated rings. The lowest BCUT2D eigenvalue weighted by Gasteiger charge is -2.31. The van der Waals surface area contributed by atoms with E-state index in [1.54, 1.807) is 42.2 Å². The van der Waals surface area contributed by atoms with Gasteiger partial charge < -0.3 is 10.2 Å². The summed E-state index contributed by atoms with van der Waals surface area (Å²) in [4.78, 5) is 28.3. The van der Waals surface area contributed by atoms with E-state index in [-0.39, 0.29) is 35.7 Å². The summed E-state index contributed by atoms with van der Waals surface area (Å²) in [5, 5.41) is 3.14. The second kappa shape index (κ2) is 13.0. The number of nitrogens with one attached hydrogen (secondary N) is 1. The first-order chi connectivity index (χ1) is 17.2. The Morgan fingerprint density at radius 2 is 1.72 bits per heavy atom. The SMILES string of the molecule is Cc1cccc(CN(C(=O)CCCN(C)S(=O)(=O)c2ccccc2)[C@@H](C)C(=O)NC2CCCCC2)c1. The van der Waals surface area contributed by atoms with Crippen molar-refractivity contribution in [3.05, 3.63) is 65.7 Å². The molecule has 7 nitrogen and oxygen atoms in total. The molecule has 1 atom stereocenters. The Kier molecular flexibility index (Phi) is 10.1. The van der Waals surface area contributed by atoms with Crippen molar-refractivity contribution in [1.82, 2.24) is 14.5 Å². The van der Waals surface area contributed by atoms with Gasteiger partial charge in [-0.2, -0.15) is 0 Å². The summed E-state index contributed by atoms with van der Waals surface area (Å²) >= 11 is 0. The van der Waals surface area contributed by atoms with Crippen molar-refractivity contribution in [3.63, 3.8) is 0 Å². The van der Waals surface area contributed by atoms with E-state index >= 15 is 0 Å². The highest BCUT2D eigenvalue weighted by molar-refractivity contribution is 7.89. The minimum absolute atomic E-state index is 0.133. The van der Waals surface area contributed by atoms with Crippen molar-refractivity contribution in [3.8, 4) is 0 Å². The van der Waals surface area contributed by atoms with Crippen LogP contribution in [0.5, 0.6) is 0 Å². The van der Waals surface area contributed by atoms with Crippen LogP contribution in [0.15, 0.2) is 59.5 Å². The predicted octanol–water partition coefficient (Wildman–Crippen LogP) is 4.26. The maximum Gasteiger partial charge on any atom is 0.242 e. The van der Waals surface area contributed by atoms with E-state index in [4.69, 9.17) is 0 Å². The van der Waals surface area contributed by atoms with E-state index in [1.807, 2.05) is 31.2 Å². The average molecular weight is 514 g/mol. The molecule has 36 heavy (non-hydrogen) atoms. The minimum atomic E-state index is -3.61. The van der Waals surface area contributed by atoms with Gasteiger partial charge in [-0.05, 0) is 50.8 Å². The summed E-state index contributed by atoms with van der Waals surface area (Å²) in [6, 6.07) is 15.7. The van der Waals surface area contributed by atoms with E-state index in [0.29, 0.717) is 13.0 Å². The maximum atomic E-state index is 13.3. The summed E-state index contributed by atoms with van der Waals surface area (Å²) in [5.41, 5.74) is 2.05. The zero-order valence-electron chi connectivity index (χ0n) is 21.7. The summed E-state index contributed by atoms with van der Waals surface area (Å²) < 4.78 is 26.8. The van der Waals surface area contributed by atoms with Gasteiger partial charge in [-0.15, -0.1) is 0 Å². The lowest BCUT2D eigenvalue weighted by molar-refractivity contribution is -0.141. The van der Waals surface area contributed by atoms with Crippen LogP contribution in [0.4, 0.5) is 0 Å². The monoisotopic (exact) mass is 513 g/mol. The number of nitrogens with zero attached hydrogens (tertiary/aromatic N) is 2. The quantitative estimate of drug-likeness (QED) is 0.486. The molecule has 196 valence electrons. The van der Waals surface area contributed by atoms with Gasteiger partial charge in [-0.25, -0.2) is 12.7 Å². The molecule has 2 aromatic carbocycles. The second-order valence-corrected chi connectivity index (χ2v) is 11.8. The van der Waals surface area contributed by atoms with E-state index in [0.717, 1.165) is 36.8 Å². The molecular weight excluding hydrogens is 474 g/mol. The van der Waals surface area contributed by atoms with E-state index in [1.165, 1.54) is 17.8 Å². The molecule has 0 bridgehead atoms. The number of amides is 2. The van der Waals surface area contributed by atoms with Gasteiger partial charge in [-0.1, -0.05) is 67.3 Å². The zero-order valence-corrected chi connectivity index (χ0v) is 22.5. The van der Waals surface area contributed by atoms with Crippen molar-refractivity contribution < 1.29 is 18.0 Å². The van der Waals surface area contributed by atoms with Crippen LogP contribution in [0.25, 0.3) is 0 Å². The molecule has 0 heterocycles. The van der Waals surface area contributed by atoms with Crippen LogP contribution < -0.4 is 5.32 Å². The predicted molar refractivity (Wildman–Crippen MR) is 142 cm³/mol. The number of carbonyl (C=O) groups excluding carboxylic acids is 2. The van der Waals surface area contributed by atoms with Crippen molar-refractivity contribution in [2.24, 2.45) is 0 Å². The Balaban J connectivity index is 1.65. The van der Waals surface area contributed by atoms with Crippen LogP contribution in [-0.4, -0.2) is 55.1 Å². The zero-order chi connectivity index (χ0) is 26.1. The topological polar surface area (TPSA) is 86.8 Å². The molecule has 3 rings (SSSR count). The third-order valence-corrected chi connectivity index (χ3v) is 8.74. The van der Waals surface area contributed by atoms with Gasteiger partial charge in [0.2, 0.25) is 21.8 Å². The number of rotatable bonds is 11. The third kappa shape index (κ3) is 7.64. The number of hydrogen-bond donors (Lipinski definition) is 1. The number of aryl methyl sites for hydroxylation is 1. The average Bonchev–Trinajstić information content (AvgIpc) is 2.87. The Morgan fingerprint density at radius 1 is 1.03 bits per heavy atom. The Morgan fingerprint density at radius 3 is 2.39 bits per heavy atom. The fourth-order valence-corrected chi connectivity index (χ4v) is 5.88. The van der Waals surface area contributed by atoms with Crippen LogP contribution in [0, 0.1) is 6.92 Å². The van der Waals surface area contributed by atoms with Crippen molar-refractivity contribution in [2.75, 3.05) is 13.6 Å². The fraction of sp³-hybridized carbons (Fsp3) is 0.500. The number of benzene rings is 2. The molecule has 2 amide bonds. The van der Waals surface area contributed by atoms with E-state index < -0.39 is 16.1 Å². The van der Waals surface area contributed by atoms with Gasteiger partial charge >= 0.3 is 0 Å². The minimum Gasteiger partial charge on any atom is -0.352 e. The first-order valence-electron chi connectivity index (χ1n) is 12.9. The van der Waals surface area contributed by atoms with E-state index in [9.17, 15) is 18.0 Å². The summed E-state index contributed by atoms with van der Waals surface area (Å²) in [6.45, 7) is 4.32. The number of sulfonamides is 1. The first kappa shape index (κ1) is 27.9. The van der Waals surface area contributed by atoms with Gasteiger partial charge in [0.25, 0.3) is 0 Å². The Labute approximate surface area is 215 Å². The normalized spacial score (nSPS) is 15.4. The van der Waals surface area contributed by atoms with Crippen LogP contribution in [0.3, 0.4) is 0 Å². The lowest BCUT2D eigenvalue weighted by atomic mass is 9.95. The molecule has 0 spiro atoms. The van der Waals surface area contributed by atoms with Gasteiger partial charge in [0.05, 0.1) is 4.90 Å². The highest BCUT2D eigenvalue weighted by Crippen LogP contribution is 2.19. The van der Waals surface area contributed by atoms with Gasteiger partial charge in [-0.3, -0.25) is 9.59 Å². The van der Waals surface area contributed by atoms with Crippen LogP contribution >= 0.6 is 0 Å².